The third-order valence-electron chi connectivity index (χ3n) is 21.8. The number of rotatable bonds is 8. The lowest BCUT2D eigenvalue weighted by Crippen LogP contribution is -2.10. The highest BCUT2D eigenvalue weighted by molar-refractivity contribution is 6.24. The molecule has 0 spiro atoms. The van der Waals surface area contributed by atoms with Crippen LogP contribution < -0.4 is 4.90 Å². The van der Waals surface area contributed by atoms with Crippen LogP contribution in [0.15, 0.2) is 267 Å². The average molecular weight is 1210 g/mol. The van der Waals surface area contributed by atoms with Gasteiger partial charge in [-0.25, -0.2) is 0 Å². The van der Waals surface area contributed by atoms with E-state index in [9.17, 15) is 0 Å². The Hall–Kier alpha value is -10.3. The summed E-state index contributed by atoms with van der Waals surface area (Å²) in [6.07, 6.45) is 19.5. The molecule has 0 radical (unpaired) electrons. The molecule has 2 nitrogen and oxygen atoms in total. The molecular formula is C92H76N2. The van der Waals surface area contributed by atoms with Crippen LogP contribution in [0.25, 0.3) is 115 Å². The predicted octanol–water partition coefficient (Wildman–Crippen LogP) is 24.7. The Labute approximate surface area is 552 Å². The van der Waals surface area contributed by atoms with Crippen molar-refractivity contribution < 1.29 is 0 Å². The van der Waals surface area contributed by atoms with Gasteiger partial charge in [-0.1, -0.05) is 206 Å². The molecule has 0 saturated heterocycles. The van der Waals surface area contributed by atoms with Crippen LogP contribution in [0.1, 0.15) is 95.9 Å². The number of aryl methyl sites for hydroxylation is 4. The number of aromatic nitrogens is 1. The largest absolute Gasteiger partial charge is 0.310 e. The first-order valence-electron chi connectivity index (χ1n) is 35.0. The van der Waals surface area contributed by atoms with Crippen LogP contribution in [0.5, 0.6) is 0 Å². The van der Waals surface area contributed by atoms with Gasteiger partial charge in [0.1, 0.15) is 0 Å². The summed E-state index contributed by atoms with van der Waals surface area (Å²) in [6.45, 7) is 0. The monoisotopic (exact) mass is 1210 g/mol. The Morgan fingerprint density at radius 1 is 0.213 bits per heavy atom. The molecule has 2 heteroatoms. The van der Waals surface area contributed by atoms with E-state index in [1.807, 2.05) is 0 Å². The van der Waals surface area contributed by atoms with Gasteiger partial charge < -0.3 is 9.47 Å². The highest BCUT2D eigenvalue weighted by atomic mass is 15.1. The van der Waals surface area contributed by atoms with E-state index in [-0.39, 0.29) is 0 Å². The second-order valence-electron chi connectivity index (χ2n) is 27.0. The second kappa shape index (κ2) is 24.0. The van der Waals surface area contributed by atoms with Crippen molar-refractivity contribution in [2.45, 2.75) is 103 Å². The minimum atomic E-state index is 1.15. The molecule has 0 atom stereocenters. The molecular weight excluding hydrogens is 1130 g/mol. The van der Waals surface area contributed by atoms with Crippen molar-refractivity contribution in [2.75, 3.05) is 4.90 Å². The number of anilines is 3. The van der Waals surface area contributed by atoms with Crippen LogP contribution in [0, 0.1) is 0 Å². The third kappa shape index (κ3) is 9.58. The molecule has 0 amide bonds. The van der Waals surface area contributed by atoms with Crippen LogP contribution in [0.2, 0.25) is 0 Å². The van der Waals surface area contributed by atoms with Gasteiger partial charge in [-0.3, -0.25) is 0 Å². The van der Waals surface area contributed by atoms with Gasteiger partial charge >= 0.3 is 0 Å². The molecule has 19 rings (SSSR count). The van der Waals surface area contributed by atoms with E-state index < -0.39 is 0 Å². The molecule has 0 bridgehead atoms. The zero-order valence-corrected chi connectivity index (χ0v) is 53.6. The first kappa shape index (κ1) is 56.5. The SMILES string of the molecule is c1cc2c(c(-c3c4ccccc4c(-c4cccc5c4CCCC5)c4cc(-n5c6ccccc6c6ccccc65)ccc34)c1)CCCC2.c1ccc(N(c2ccccc2)c2ccc3c(-c4cccc5c4CCCC5)c4ccccc4c(-c4cccc5c4CCCC5)c3c2)cc1. The molecule has 4 aliphatic carbocycles. The van der Waals surface area contributed by atoms with Crippen molar-refractivity contribution in [1.29, 1.82) is 0 Å². The van der Waals surface area contributed by atoms with E-state index in [4.69, 9.17) is 0 Å². The van der Waals surface area contributed by atoms with Crippen LogP contribution in [-0.2, 0) is 51.4 Å². The van der Waals surface area contributed by atoms with Crippen molar-refractivity contribution in [3.63, 3.8) is 0 Å². The maximum atomic E-state index is 2.51. The fourth-order valence-corrected chi connectivity index (χ4v) is 17.6. The summed E-state index contributed by atoms with van der Waals surface area (Å²) in [4.78, 5) is 2.41. The Balaban J connectivity index is 0.000000138. The molecule has 0 fully saturated rings. The third-order valence-corrected chi connectivity index (χ3v) is 21.8. The van der Waals surface area contributed by atoms with E-state index in [1.54, 1.807) is 22.3 Å². The second-order valence-corrected chi connectivity index (χ2v) is 27.0. The van der Waals surface area contributed by atoms with Gasteiger partial charge in [-0.2, -0.15) is 0 Å². The zero-order chi connectivity index (χ0) is 62.1. The number of fused-ring (bicyclic) bond motifs is 11. The Kier molecular flexibility index (Phi) is 14.4. The molecule has 0 N–H and O–H groups in total. The summed E-state index contributed by atoms with van der Waals surface area (Å²) >= 11 is 0. The summed E-state index contributed by atoms with van der Waals surface area (Å²) in [5.41, 5.74) is 30.8. The number of hydrogen-bond donors (Lipinski definition) is 0. The van der Waals surface area contributed by atoms with Gasteiger partial charge in [0, 0.05) is 33.5 Å². The quantitative estimate of drug-likeness (QED) is 0.138. The summed E-state index contributed by atoms with van der Waals surface area (Å²) < 4.78 is 2.48. The Morgan fingerprint density at radius 3 is 0.915 bits per heavy atom. The number of benzene rings is 14. The molecule has 14 aromatic carbocycles. The number of para-hydroxylation sites is 4. The molecule has 454 valence electrons. The Bertz CT molecular complexity index is 5360. The van der Waals surface area contributed by atoms with Gasteiger partial charge in [-0.05, 0) is 296 Å². The lowest BCUT2D eigenvalue weighted by molar-refractivity contribution is 0.687. The summed E-state index contributed by atoms with van der Waals surface area (Å²) in [7, 11) is 0. The van der Waals surface area contributed by atoms with Crippen molar-refractivity contribution in [2.24, 2.45) is 0 Å². The van der Waals surface area contributed by atoms with E-state index in [1.165, 1.54) is 220 Å². The predicted molar refractivity (Wildman–Crippen MR) is 400 cm³/mol. The average Bonchev–Trinajstić information content (AvgIpc) is 0.796. The maximum Gasteiger partial charge on any atom is 0.0541 e. The van der Waals surface area contributed by atoms with Crippen molar-refractivity contribution >= 4 is 82.0 Å². The molecule has 0 aliphatic heterocycles. The zero-order valence-electron chi connectivity index (χ0n) is 53.6. The van der Waals surface area contributed by atoms with E-state index in [2.05, 4.69) is 276 Å². The molecule has 0 saturated carbocycles. The smallest absolute Gasteiger partial charge is 0.0541 e. The van der Waals surface area contributed by atoms with E-state index in [0.29, 0.717) is 0 Å². The van der Waals surface area contributed by atoms with Crippen LogP contribution in [0.4, 0.5) is 17.1 Å². The Morgan fingerprint density at radius 2 is 0.521 bits per heavy atom. The normalized spacial score (nSPS) is 14.3. The molecule has 1 heterocycles. The van der Waals surface area contributed by atoms with Crippen molar-refractivity contribution in [1.82, 2.24) is 4.57 Å². The van der Waals surface area contributed by atoms with Crippen LogP contribution in [-0.4, -0.2) is 4.57 Å². The lowest BCUT2D eigenvalue weighted by atomic mass is 9.79. The van der Waals surface area contributed by atoms with Crippen LogP contribution in [0.3, 0.4) is 0 Å². The molecule has 4 aliphatic rings. The molecule has 0 unspecified atom stereocenters. The van der Waals surface area contributed by atoms with Gasteiger partial charge in [0.25, 0.3) is 0 Å². The van der Waals surface area contributed by atoms with Crippen molar-refractivity contribution in [3.8, 4) is 50.2 Å². The molecule has 15 aromatic rings. The van der Waals surface area contributed by atoms with Gasteiger partial charge in [0.05, 0.1) is 11.0 Å². The topological polar surface area (TPSA) is 8.17 Å². The van der Waals surface area contributed by atoms with Gasteiger partial charge in [0.2, 0.25) is 0 Å². The summed E-state index contributed by atoms with van der Waals surface area (Å²) in [5.74, 6) is 0. The minimum Gasteiger partial charge on any atom is -0.310 e. The van der Waals surface area contributed by atoms with Crippen LogP contribution >= 0.6 is 0 Å². The molecule has 1 aromatic heterocycles. The first-order valence-corrected chi connectivity index (χ1v) is 35.0. The minimum absolute atomic E-state index is 1.15. The first-order chi connectivity index (χ1) is 46.7. The van der Waals surface area contributed by atoms with E-state index in [0.717, 1.165) is 37.1 Å². The highest BCUT2D eigenvalue weighted by Gasteiger charge is 2.28. The fourth-order valence-electron chi connectivity index (χ4n) is 17.6. The maximum absolute atomic E-state index is 2.51. The van der Waals surface area contributed by atoms with Gasteiger partial charge in [-0.15, -0.1) is 0 Å². The van der Waals surface area contributed by atoms with Crippen molar-refractivity contribution in [3.05, 3.63) is 311 Å². The fraction of sp³-hybridized carbons (Fsp3) is 0.174. The number of hydrogen-bond acceptors (Lipinski definition) is 1. The van der Waals surface area contributed by atoms with Gasteiger partial charge in [0.15, 0.2) is 0 Å². The highest BCUT2D eigenvalue weighted by Crippen LogP contribution is 2.51. The lowest BCUT2D eigenvalue weighted by Gasteiger charge is -2.28. The standard InChI is InChI=1S/C46H37N.C46H39N/c1-3-17-33-30(13-1)15-11-23-37(33)45-39-21-5-6-22-40(39)46(38-24-12-16-31-14-2-4-18-34(31)38)42-29-32(27-28-41(42)45)47-43-25-9-7-19-35(43)36-20-8-10-26-44(36)47;1-3-19-34(20-4-1)47(35-21-5-2-6-22-35)36-29-30-43-44(31-36)46(40-28-14-18-33-16-8-10-24-38(33)40)42-26-12-11-25-41(42)45(43)39-27-13-17-32-15-7-9-23-37(32)39/h5-12,15-16,19-29H,1-4,13-14,17-18H2;1-6,11-14,17-22,25-31H,7-10,15-16,23-24H2. The summed E-state index contributed by atoms with van der Waals surface area (Å²) in [5, 5.41) is 13.4. The summed E-state index contributed by atoms with van der Waals surface area (Å²) in [6, 6.07) is 101. The molecule has 94 heavy (non-hydrogen) atoms. The number of nitrogens with zero attached hydrogens (tertiary/aromatic N) is 2. The van der Waals surface area contributed by atoms with E-state index >= 15 is 0 Å².